The number of hydrogen-bond acceptors (Lipinski definition) is 9. The van der Waals surface area contributed by atoms with Gasteiger partial charge in [0.1, 0.15) is 22.3 Å². The van der Waals surface area contributed by atoms with Gasteiger partial charge in [0, 0.05) is 19.1 Å². The van der Waals surface area contributed by atoms with Gasteiger partial charge in [0.25, 0.3) is 0 Å². The van der Waals surface area contributed by atoms with E-state index in [0.717, 1.165) is 49.5 Å². The molecule has 1 aromatic carbocycles. The summed E-state index contributed by atoms with van der Waals surface area (Å²) in [5.74, 6) is -2.77. The second-order valence-corrected chi connectivity index (χ2v) is 12.7. The Labute approximate surface area is 221 Å². The molecule has 3 rings (SSSR count). The Balaban J connectivity index is 1.48. The molecule has 0 bridgehead atoms. The molecule has 37 heavy (non-hydrogen) atoms. The number of aromatic nitrogens is 1. The van der Waals surface area contributed by atoms with Crippen molar-refractivity contribution in [3.63, 3.8) is 0 Å². The van der Waals surface area contributed by atoms with Crippen molar-refractivity contribution in [1.82, 2.24) is 19.1 Å². The number of benzene rings is 1. The molecule has 13 heteroatoms. The van der Waals surface area contributed by atoms with Crippen molar-refractivity contribution in [3.8, 4) is 0 Å². The number of thiazole rings is 1. The van der Waals surface area contributed by atoms with E-state index >= 15 is 0 Å². The third kappa shape index (κ3) is 8.14. The van der Waals surface area contributed by atoms with Crippen molar-refractivity contribution in [1.29, 1.82) is 0 Å². The predicted octanol–water partition coefficient (Wildman–Crippen LogP) is 2.71. The highest BCUT2D eigenvalue weighted by Gasteiger charge is 2.29. The van der Waals surface area contributed by atoms with Crippen LogP contribution in [0.1, 0.15) is 40.9 Å². The molecule has 0 atom stereocenters. The molecular formula is C24H36F2N6O3S2. The number of hydrogen-bond donors (Lipinski definition) is 2. The zero-order valence-electron chi connectivity index (χ0n) is 21.5. The summed E-state index contributed by atoms with van der Waals surface area (Å²) in [6.07, 6.45) is 2.75. The van der Waals surface area contributed by atoms with Crippen molar-refractivity contribution in [2.45, 2.75) is 31.7 Å². The van der Waals surface area contributed by atoms with E-state index in [1.807, 2.05) is 21.1 Å². The molecule has 0 spiro atoms. The fourth-order valence-electron chi connectivity index (χ4n) is 4.25. The van der Waals surface area contributed by atoms with Crippen LogP contribution in [0.2, 0.25) is 0 Å². The molecule has 1 aliphatic rings. The molecule has 1 aliphatic heterocycles. The summed E-state index contributed by atoms with van der Waals surface area (Å²) < 4.78 is 55.2. The van der Waals surface area contributed by atoms with Crippen LogP contribution in [-0.4, -0.2) is 99.0 Å². The zero-order chi connectivity index (χ0) is 27.2. The molecule has 0 amide bonds. The number of sulfonamides is 1. The summed E-state index contributed by atoms with van der Waals surface area (Å²) in [4.78, 5) is 21.1. The van der Waals surface area contributed by atoms with E-state index in [-0.39, 0.29) is 22.5 Å². The monoisotopic (exact) mass is 558 g/mol. The Morgan fingerprint density at radius 1 is 1.14 bits per heavy atom. The van der Waals surface area contributed by atoms with E-state index in [2.05, 4.69) is 20.1 Å². The first-order valence-electron chi connectivity index (χ1n) is 12.3. The van der Waals surface area contributed by atoms with Crippen LogP contribution < -0.4 is 11.1 Å². The second-order valence-electron chi connectivity index (χ2n) is 9.61. The largest absolute Gasteiger partial charge is 0.382 e. The molecule has 1 fully saturated rings. The van der Waals surface area contributed by atoms with Crippen LogP contribution in [0.25, 0.3) is 0 Å². The SMILES string of the molecule is CN(C)CCCN(C)CCCS(=O)(=O)N1CCC(Nc2nc(N)c(C(=O)c3c(F)cccc3F)s2)CC1. The summed E-state index contributed by atoms with van der Waals surface area (Å²) >= 11 is 0.931. The van der Waals surface area contributed by atoms with Gasteiger partial charge in [-0.05, 0) is 78.6 Å². The molecular weight excluding hydrogens is 522 g/mol. The number of rotatable bonds is 13. The number of nitrogens with one attached hydrogen (secondary N) is 1. The minimum atomic E-state index is -3.34. The first-order chi connectivity index (χ1) is 17.5. The molecule has 206 valence electrons. The van der Waals surface area contributed by atoms with Crippen LogP contribution in [0.4, 0.5) is 19.7 Å². The van der Waals surface area contributed by atoms with E-state index < -0.39 is 33.0 Å². The van der Waals surface area contributed by atoms with Gasteiger partial charge < -0.3 is 20.9 Å². The summed E-state index contributed by atoms with van der Waals surface area (Å²) in [5.41, 5.74) is 5.21. The third-order valence-electron chi connectivity index (χ3n) is 6.31. The first kappa shape index (κ1) is 29.4. The van der Waals surface area contributed by atoms with E-state index in [1.165, 1.54) is 10.4 Å². The van der Waals surface area contributed by atoms with Gasteiger partial charge in [-0.2, -0.15) is 0 Å². The third-order valence-corrected chi connectivity index (χ3v) is 9.27. The van der Waals surface area contributed by atoms with Gasteiger partial charge in [-0.1, -0.05) is 17.4 Å². The van der Waals surface area contributed by atoms with Gasteiger partial charge in [0.15, 0.2) is 5.13 Å². The Hall–Kier alpha value is -2.19. The first-order valence-corrected chi connectivity index (χ1v) is 14.7. The highest BCUT2D eigenvalue weighted by Crippen LogP contribution is 2.30. The van der Waals surface area contributed by atoms with Crippen LogP contribution in [0.3, 0.4) is 0 Å². The zero-order valence-corrected chi connectivity index (χ0v) is 23.2. The number of nitrogens with two attached hydrogens (primary N) is 1. The maximum atomic E-state index is 14.0. The van der Waals surface area contributed by atoms with Gasteiger partial charge in [-0.15, -0.1) is 0 Å². The molecule has 0 saturated carbocycles. The Bertz CT molecular complexity index is 1150. The maximum Gasteiger partial charge on any atom is 0.214 e. The molecule has 0 aliphatic carbocycles. The highest BCUT2D eigenvalue weighted by molar-refractivity contribution is 7.89. The van der Waals surface area contributed by atoms with Gasteiger partial charge in [-0.25, -0.2) is 26.5 Å². The Morgan fingerprint density at radius 2 is 1.76 bits per heavy atom. The molecule has 1 aromatic heterocycles. The number of halogens is 2. The number of anilines is 2. The van der Waals surface area contributed by atoms with Crippen LogP contribution >= 0.6 is 11.3 Å². The quantitative estimate of drug-likeness (QED) is 0.361. The van der Waals surface area contributed by atoms with Crippen molar-refractivity contribution < 1.29 is 22.0 Å². The molecule has 2 heterocycles. The molecule has 9 nitrogen and oxygen atoms in total. The van der Waals surface area contributed by atoms with E-state index in [1.54, 1.807) is 0 Å². The summed E-state index contributed by atoms with van der Waals surface area (Å²) in [6, 6.07) is 3.15. The maximum absolute atomic E-state index is 14.0. The topological polar surface area (TPSA) is 112 Å². The molecule has 3 N–H and O–H groups in total. The number of nitrogen functional groups attached to an aromatic ring is 1. The van der Waals surface area contributed by atoms with Gasteiger partial charge in [0.2, 0.25) is 15.8 Å². The van der Waals surface area contributed by atoms with Gasteiger partial charge in [0.05, 0.1) is 11.3 Å². The fraction of sp³-hybridized carbons (Fsp3) is 0.583. The molecule has 1 saturated heterocycles. The number of carbonyl (C=O) groups is 1. The predicted molar refractivity (Wildman–Crippen MR) is 144 cm³/mol. The van der Waals surface area contributed by atoms with E-state index in [0.29, 0.717) is 37.5 Å². The van der Waals surface area contributed by atoms with Gasteiger partial charge >= 0.3 is 0 Å². The number of nitrogens with zero attached hydrogens (tertiary/aromatic N) is 4. The van der Waals surface area contributed by atoms with Crippen LogP contribution in [-0.2, 0) is 10.0 Å². The van der Waals surface area contributed by atoms with Crippen molar-refractivity contribution >= 4 is 38.1 Å². The smallest absolute Gasteiger partial charge is 0.214 e. The van der Waals surface area contributed by atoms with Crippen molar-refractivity contribution in [2.24, 2.45) is 0 Å². The second kappa shape index (κ2) is 13.1. The van der Waals surface area contributed by atoms with E-state index in [4.69, 9.17) is 5.73 Å². The highest BCUT2D eigenvalue weighted by atomic mass is 32.2. The lowest BCUT2D eigenvalue weighted by atomic mass is 10.1. The number of carbonyl (C=O) groups excluding carboxylic acids is 1. The average Bonchev–Trinajstić information content (AvgIpc) is 3.18. The molecule has 0 unspecified atom stereocenters. The minimum Gasteiger partial charge on any atom is -0.382 e. The summed E-state index contributed by atoms with van der Waals surface area (Å²) in [7, 11) is 2.74. The lowest BCUT2D eigenvalue weighted by Crippen LogP contribution is -2.43. The van der Waals surface area contributed by atoms with Crippen LogP contribution in [0.15, 0.2) is 18.2 Å². The van der Waals surface area contributed by atoms with E-state index in [9.17, 15) is 22.0 Å². The Morgan fingerprint density at radius 3 is 2.38 bits per heavy atom. The van der Waals surface area contributed by atoms with Crippen molar-refractivity contribution in [3.05, 3.63) is 40.3 Å². The number of ketones is 1. The summed E-state index contributed by atoms with van der Waals surface area (Å²) in [5, 5.41) is 3.55. The lowest BCUT2D eigenvalue weighted by molar-refractivity contribution is 0.103. The van der Waals surface area contributed by atoms with Gasteiger partial charge in [-0.3, -0.25) is 4.79 Å². The lowest BCUT2D eigenvalue weighted by Gasteiger charge is -2.31. The standard InChI is InChI=1S/C24H36F2N6O3S2/c1-30(2)11-5-12-31(3)13-6-16-37(34,35)32-14-9-17(10-15-32)28-24-29-23(27)22(36-24)21(33)20-18(25)7-4-8-19(20)26/h4,7-8,17H,5-6,9-16,27H2,1-3H3,(H,28,29). The normalized spacial score (nSPS) is 15.5. The van der Waals surface area contributed by atoms with Crippen LogP contribution in [0.5, 0.6) is 0 Å². The average molecular weight is 559 g/mol. The minimum absolute atomic E-state index is 0.0433. The fourth-order valence-corrected chi connectivity index (χ4v) is 6.68. The molecule has 0 radical (unpaired) electrons. The molecule has 2 aromatic rings. The Kier molecular flexibility index (Phi) is 10.4. The van der Waals surface area contributed by atoms with Crippen molar-refractivity contribution in [2.75, 3.05) is 70.7 Å². The summed E-state index contributed by atoms with van der Waals surface area (Å²) in [6.45, 7) is 3.42. The van der Waals surface area contributed by atoms with Crippen LogP contribution in [0, 0.1) is 11.6 Å². The number of piperidine rings is 1.